The molecular weight excluding hydrogens is 308 g/mol. The zero-order valence-electron chi connectivity index (χ0n) is 14.3. The summed E-state index contributed by atoms with van der Waals surface area (Å²) in [5.74, 6) is -0.372. The van der Waals surface area contributed by atoms with Crippen molar-refractivity contribution in [3.63, 3.8) is 0 Å². The first kappa shape index (κ1) is 19.6. The SMILES string of the molecule is C=CC(=O)OCCCc1ccccc1[SiH](OCCC)OCCC. The van der Waals surface area contributed by atoms with E-state index in [0.29, 0.717) is 6.61 Å². The number of hydrogen-bond acceptors (Lipinski definition) is 4. The minimum absolute atomic E-state index is 0.372. The standard InChI is InChI=1S/C18H28O4Si/c1-4-13-21-23(22-14-5-2)17-12-8-7-10-16(17)11-9-15-20-18(19)6-3/h6-8,10,12,23H,3-5,9,11,13-15H2,1-2H3. The first-order valence-corrected chi connectivity index (χ1v) is 9.85. The molecule has 0 aliphatic rings. The van der Waals surface area contributed by atoms with Crippen LogP contribution in [-0.2, 0) is 24.8 Å². The first-order chi connectivity index (χ1) is 11.2. The van der Waals surface area contributed by atoms with Gasteiger partial charge in [-0.1, -0.05) is 44.7 Å². The van der Waals surface area contributed by atoms with E-state index in [9.17, 15) is 4.79 Å². The van der Waals surface area contributed by atoms with Gasteiger partial charge in [-0.25, -0.2) is 4.79 Å². The average Bonchev–Trinajstić information content (AvgIpc) is 2.59. The van der Waals surface area contributed by atoms with Crippen molar-refractivity contribution in [3.05, 3.63) is 42.5 Å². The van der Waals surface area contributed by atoms with Gasteiger partial charge in [-0.15, -0.1) is 0 Å². The Hall–Kier alpha value is -1.43. The molecule has 0 spiro atoms. The molecule has 1 aromatic rings. The summed E-state index contributed by atoms with van der Waals surface area (Å²) in [5.41, 5.74) is 1.23. The maximum absolute atomic E-state index is 11.1. The van der Waals surface area contributed by atoms with Gasteiger partial charge in [-0.05, 0) is 36.4 Å². The Morgan fingerprint density at radius 1 is 1.13 bits per heavy atom. The Labute approximate surface area is 141 Å². The maximum atomic E-state index is 11.1. The van der Waals surface area contributed by atoms with E-state index in [1.165, 1.54) is 16.8 Å². The van der Waals surface area contributed by atoms with Crippen LogP contribution in [0.25, 0.3) is 0 Å². The van der Waals surface area contributed by atoms with E-state index in [1.54, 1.807) is 0 Å². The van der Waals surface area contributed by atoms with Crippen molar-refractivity contribution in [2.45, 2.75) is 39.5 Å². The second kappa shape index (κ2) is 12.0. The van der Waals surface area contributed by atoms with Gasteiger partial charge in [0.05, 0.1) is 6.61 Å². The average molecular weight is 337 g/mol. The van der Waals surface area contributed by atoms with Crippen LogP contribution in [0.3, 0.4) is 0 Å². The largest absolute Gasteiger partial charge is 0.463 e. The highest BCUT2D eigenvalue weighted by atomic mass is 28.3. The van der Waals surface area contributed by atoms with E-state index in [4.69, 9.17) is 13.6 Å². The third kappa shape index (κ3) is 7.59. The molecule has 4 nitrogen and oxygen atoms in total. The minimum atomic E-state index is -1.87. The fraction of sp³-hybridized carbons (Fsp3) is 0.500. The normalized spacial score (nSPS) is 10.7. The molecule has 1 rings (SSSR count). The Balaban J connectivity index is 2.68. The van der Waals surface area contributed by atoms with E-state index >= 15 is 0 Å². The first-order valence-electron chi connectivity index (χ1n) is 8.33. The van der Waals surface area contributed by atoms with E-state index in [1.807, 2.05) is 12.1 Å². The second-order valence-electron chi connectivity index (χ2n) is 5.25. The monoisotopic (exact) mass is 336 g/mol. The molecule has 0 atom stereocenters. The predicted molar refractivity (Wildman–Crippen MR) is 95.2 cm³/mol. The Morgan fingerprint density at radius 2 is 1.78 bits per heavy atom. The summed E-state index contributed by atoms with van der Waals surface area (Å²) < 4.78 is 17.0. The third-order valence-electron chi connectivity index (χ3n) is 3.26. The molecule has 1 aromatic carbocycles. The Morgan fingerprint density at radius 3 is 2.39 bits per heavy atom. The molecule has 0 aliphatic carbocycles. The summed E-state index contributed by atoms with van der Waals surface area (Å²) in [6, 6.07) is 8.27. The molecule has 0 aliphatic heterocycles. The van der Waals surface area contributed by atoms with Crippen LogP contribution in [0.4, 0.5) is 0 Å². The maximum Gasteiger partial charge on any atom is 0.356 e. The van der Waals surface area contributed by atoms with Gasteiger partial charge in [0.25, 0.3) is 0 Å². The van der Waals surface area contributed by atoms with Gasteiger partial charge in [0.1, 0.15) is 0 Å². The number of carbonyl (C=O) groups excluding carboxylic acids is 1. The van der Waals surface area contributed by atoms with Crippen molar-refractivity contribution in [2.24, 2.45) is 0 Å². The molecular formula is C18H28O4Si. The van der Waals surface area contributed by atoms with Crippen LogP contribution in [0.1, 0.15) is 38.7 Å². The van der Waals surface area contributed by atoms with Gasteiger partial charge in [0.2, 0.25) is 0 Å². The van der Waals surface area contributed by atoms with Crippen LogP contribution in [0, 0.1) is 0 Å². The van der Waals surface area contributed by atoms with Gasteiger partial charge >= 0.3 is 15.3 Å². The smallest absolute Gasteiger partial charge is 0.356 e. The molecule has 0 N–H and O–H groups in total. The third-order valence-corrected chi connectivity index (χ3v) is 5.41. The molecule has 0 unspecified atom stereocenters. The summed E-state index contributed by atoms with van der Waals surface area (Å²) >= 11 is 0. The molecule has 0 aromatic heterocycles. The lowest BCUT2D eigenvalue weighted by atomic mass is 10.1. The molecule has 0 radical (unpaired) electrons. The topological polar surface area (TPSA) is 44.8 Å². The highest BCUT2D eigenvalue weighted by molar-refractivity contribution is 6.61. The summed E-state index contributed by atoms with van der Waals surface area (Å²) in [5, 5.41) is 1.20. The Bertz CT molecular complexity index is 468. The van der Waals surface area contributed by atoms with E-state index in [0.717, 1.165) is 38.9 Å². The number of ether oxygens (including phenoxy) is 1. The zero-order chi connectivity index (χ0) is 16.9. The van der Waals surface area contributed by atoms with E-state index < -0.39 is 9.28 Å². The molecule has 23 heavy (non-hydrogen) atoms. The predicted octanol–water partition coefficient (Wildman–Crippen LogP) is 2.63. The number of benzene rings is 1. The molecule has 5 heteroatoms. The van der Waals surface area contributed by atoms with Gasteiger partial charge in [-0.3, -0.25) is 0 Å². The highest BCUT2D eigenvalue weighted by Crippen LogP contribution is 2.06. The fourth-order valence-corrected chi connectivity index (χ4v) is 4.33. The number of carbonyl (C=O) groups is 1. The van der Waals surface area contributed by atoms with Gasteiger partial charge in [0.15, 0.2) is 0 Å². The van der Waals surface area contributed by atoms with Crippen molar-refractivity contribution in [3.8, 4) is 0 Å². The fourth-order valence-electron chi connectivity index (χ4n) is 2.16. The quantitative estimate of drug-likeness (QED) is 0.255. The van der Waals surface area contributed by atoms with Crippen molar-refractivity contribution >= 4 is 20.4 Å². The van der Waals surface area contributed by atoms with Gasteiger partial charge < -0.3 is 13.6 Å². The van der Waals surface area contributed by atoms with Crippen LogP contribution in [0.15, 0.2) is 36.9 Å². The van der Waals surface area contributed by atoms with Crippen LogP contribution in [0.2, 0.25) is 0 Å². The summed E-state index contributed by atoms with van der Waals surface area (Å²) in [6.45, 7) is 9.45. The minimum Gasteiger partial charge on any atom is -0.463 e. The molecule has 0 amide bonds. The number of rotatable bonds is 12. The van der Waals surface area contributed by atoms with E-state index in [-0.39, 0.29) is 5.97 Å². The number of esters is 1. The molecule has 0 heterocycles. The van der Waals surface area contributed by atoms with Crippen LogP contribution >= 0.6 is 0 Å². The van der Waals surface area contributed by atoms with Crippen molar-refractivity contribution < 1.29 is 18.4 Å². The number of aryl methyl sites for hydroxylation is 1. The molecule has 0 fully saturated rings. The molecule has 0 saturated heterocycles. The van der Waals surface area contributed by atoms with Crippen molar-refractivity contribution in [2.75, 3.05) is 19.8 Å². The van der Waals surface area contributed by atoms with Gasteiger partial charge in [0, 0.05) is 19.3 Å². The Kier molecular flexibility index (Phi) is 10.3. The van der Waals surface area contributed by atoms with Crippen LogP contribution < -0.4 is 5.19 Å². The molecule has 128 valence electrons. The molecule has 0 saturated carbocycles. The summed E-state index contributed by atoms with van der Waals surface area (Å²) in [4.78, 5) is 11.1. The number of hydrogen-bond donors (Lipinski definition) is 0. The molecule has 0 bridgehead atoms. The highest BCUT2D eigenvalue weighted by Gasteiger charge is 2.19. The lowest BCUT2D eigenvalue weighted by molar-refractivity contribution is -0.137. The summed E-state index contributed by atoms with van der Waals surface area (Å²) in [6.07, 6.45) is 4.78. The van der Waals surface area contributed by atoms with Gasteiger partial charge in [-0.2, -0.15) is 0 Å². The van der Waals surface area contributed by atoms with E-state index in [2.05, 4.69) is 32.6 Å². The van der Waals surface area contributed by atoms with Crippen molar-refractivity contribution in [1.29, 1.82) is 0 Å². The van der Waals surface area contributed by atoms with Crippen LogP contribution in [-0.4, -0.2) is 35.1 Å². The van der Waals surface area contributed by atoms with Crippen molar-refractivity contribution in [1.82, 2.24) is 0 Å². The summed E-state index contributed by atoms with van der Waals surface area (Å²) in [7, 11) is -1.87. The van der Waals surface area contributed by atoms with Crippen LogP contribution in [0.5, 0.6) is 0 Å². The zero-order valence-corrected chi connectivity index (χ0v) is 15.4. The lowest BCUT2D eigenvalue weighted by Crippen LogP contribution is -2.39. The second-order valence-corrected chi connectivity index (χ2v) is 7.20. The lowest BCUT2D eigenvalue weighted by Gasteiger charge is -2.19.